The zero-order chi connectivity index (χ0) is 17.0. The number of benzene rings is 1. The molecular formula is C16H24N2O4S. The highest BCUT2D eigenvalue weighted by atomic mass is 32.2. The molecule has 23 heavy (non-hydrogen) atoms. The molecule has 0 N–H and O–H groups in total. The molecule has 1 aromatic carbocycles. The fraction of sp³-hybridized carbons (Fsp3) is 0.562. The highest BCUT2D eigenvalue weighted by molar-refractivity contribution is 7.92. The number of amides is 1. The molecule has 0 bridgehead atoms. The number of methoxy groups -OCH3 is 1. The normalized spacial score (nSPS) is 16.2. The molecule has 0 spiro atoms. The molecule has 1 saturated heterocycles. The molecule has 1 aliphatic heterocycles. The van der Waals surface area contributed by atoms with Crippen molar-refractivity contribution in [2.75, 3.05) is 30.8 Å². The monoisotopic (exact) mass is 340 g/mol. The van der Waals surface area contributed by atoms with E-state index in [-0.39, 0.29) is 5.91 Å². The van der Waals surface area contributed by atoms with E-state index in [1.807, 2.05) is 6.92 Å². The van der Waals surface area contributed by atoms with Gasteiger partial charge in [-0.05, 0) is 31.4 Å². The lowest BCUT2D eigenvalue weighted by molar-refractivity contribution is -0.131. The van der Waals surface area contributed by atoms with Gasteiger partial charge in [-0.2, -0.15) is 0 Å². The Morgan fingerprint density at radius 2 is 2.00 bits per heavy atom. The molecule has 7 heteroatoms. The van der Waals surface area contributed by atoms with Gasteiger partial charge < -0.3 is 9.64 Å². The standard InChI is InChI=1S/C16H24N2O4S/c1-4-15(16(19)17-10-5-6-11-17)18(23(3,20)21)13-8-7-9-14(12-13)22-2/h7-9,12,15H,4-6,10-11H2,1-3H3/t15-/m1/s1. The van der Waals surface area contributed by atoms with Crippen LogP contribution in [0.5, 0.6) is 5.75 Å². The third-order valence-corrected chi connectivity index (χ3v) is 5.22. The number of hydrogen-bond acceptors (Lipinski definition) is 4. The van der Waals surface area contributed by atoms with E-state index in [0.29, 0.717) is 30.9 Å². The van der Waals surface area contributed by atoms with Crippen LogP contribution in [-0.4, -0.2) is 51.7 Å². The molecule has 1 atom stereocenters. The first-order valence-corrected chi connectivity index (χ1v) is 9.65. The predicted octanol–water partition coefficient (Wildman–Crippen LogP) is 1.86. The Bertz CT molecular complexity index is 654. The molecular weight excluding hydrogens is 316 g/mol. The quantitative estimate of drug-likeness (QED) is 0.793. The third-order valence-electron chi connectivity index (χ3n) is 4.04. The van der Waals surface area contributed by atoms with Gasteiger partial charge in [0.1, 0.15) is 11.8 Å². The number of carbonyl (C=O) groups excluding carboxylic acids is 1. The Hall–Kier alpha value is -1.76. The van der Waals surface area contributed by atoms with Crippen molar-refractivity contribution in [3.05, 3.63) is 24.3 Å². The lowest BCUT2D eigenvalue weighted by Gasteiger charge is -2.32. The van der Waals surface area contributed by atoms with Crippen molar-refractivity contribution in [3.8, 4) is 5.75 Å². The number of sulfonamides is 1. The van der Waals surface area contributed by atoms with Gasteiger partial charge in [0.05, 0.1) is 19.1 Å². The van der Waals surface area contributed by atoms with Gasteiger partial charge in [0.2, 0.25) is 15.9 Å². The molecule has 1 aliphatic rings. The van der Waals surface area contributed by atoms with Gasteiger partial charge in [-0.25, -0.2) is 8.42 Å². The predicted molar refractivity (Wildman–Crippen MR) is 90.2 cm³/mol. The molecule has 1 fully saturated rings. The Morgan fingerprint density at radius 3 is 2.52 bits per heavy atom. The van der Waals surface area contributed by atoms with Gasteiger partial charge in [0.15, 0.2) is 0 Å². The van der Waals surface area contributed by atoms with Crippen LogP contribution in [0.1, 0.15) is 26.2 Å². The van der Waals surface area contributed by atoms with E-state index in [1.54, 1.807) is 29.2 Å². The Morgan fingerprint density at radius 1 is 1.35 bits per heavy atom. The molecule has 0 radical (unpaired) electrons. The molecule has 1 amide bonds. The lowest BCUT2D eigenvalue weighted by atomic mass is 10.1. The largest absolute Gasteiger partial charge is 0.497 e. The molecule has 0 unspecified atom stereocenters. The van der Waals surface area contributed by atoms with Crippen LogP contribution in [0.15, 0.2) is 24.3 Å². The fourth-order valence-electron chi connectivity index (χ4n) is 2.94. The summed E-state index contributed by atoms with van der Waals surface area (Å²) in [6.45, 7) is 3.23. The second-order valence-electron chi connectivity index (χ2n) is 5.72. The second kappa shape index (κ2) is 7.21. The highest BCUT2D eigenvalue weighted by Gasteiger charge is 2.35. The molecule has 0 aliphatic carbocycles. The number of ether oxygens (including phenoxy) is 1. The zero-order valence-electron chi connectivity index (χ0n) is 13.9. The van der Waals surface area contributed by atoms with E-state index in [4.69, 9.17) is 4.74 Å². The summed E-state index contributed by atoms with van der Waals surface area (Å²) in [7, 11) is -2.07. The van der Waals surface area contributed by atoms with Gasteiger partial charge >= 0.3 is 0 Å². The summed E-state index contributed by atoms with van der Waals surface area (Å²) >= 11 is 0. The molecule has 128 valence electrons. The summed E-state index contributed by atoms with van der Waals surface area (Å²) in [5, 5.41) is 0. The smallest absolute Gasteiger partial charge is 0.246 e. The molecule has 0 aromatic heterocycles. The van der Waals surface area contributed by atoms with Gasteiger partial charge in [-0.3, -0.25) is 9.10 Å². The number of likely N-dealkylation sites (tertiary alicyclic amines) is 1. The number of hydrogen-bond donors (Lipinski definition) is 0. The van der Waals surface area contributed by atoms with Crippen LogP contribution < -0.4 is 9.04 Å². The summed E-state index contributed by atoms with van der Waals surface area (Å²) in [6, 6.07) is 6.06. The third kappa shape index (κ3) is 3.96. The minimum absolute atomic E-state index is 0.127. The van der Waals surface area contributed by atoms with Crippen molar-refractivity contribution in [1.82, 2.24) is 4.90 Å². The van der Waals surface area contributed by atoms with Crippen molar-refractivity contribution in [1.29, 1.82) is 0 Å². The molecule has 6 nitrogen and oxygen atoms in total. The van der Waals surface area contributed by atoms with Gasteiger partial charge in [0, 0.05) is 19.2 Å². The van der Waals surface area contributed by atoms with Crippen LogP contribution in [0.3, 0.4) is 0 Å². The van der Waals surface area contributed by atoms with Crippen LogP contribution in [0.4, 0.5) is 5.69 Å². The topological polar surface area (TPSA) is 66.9 Å². The van der Waals surface area contributed by atoms with E-state index in [1.165, 1.54) is 11.4 Å². The van der Waals surface area contributed by atoms with Gasteiger partial charge in [-0.1, -0.05) is 13.0 Å². The van der Waals surface area contributed by atoms with E-state index in [2.05, 4.69) is 0 Å². The van der Waals surface area contributed by atoms with E-state index < -0.39 is 16.1 Å². The minimum Gasteiger partial charge on any atom is -0.497 e. The fourth-order valence-corrected chi connectivity index (χ4v) is 4.14. The summed E-state index contributed by atoms with van der Waals surface area (Å²) in [4.78, 5) is 14.5. The van der Waals surface area contributed by atoms with Crippen molar-refractivity contribution in [2.24, 2.45) is 0 Å². The number of anilines is 1. The first-order valence-electron chi connectivity index (χ1n) is 7.80. The van der Waals surface area contributed by atoms with Crippen LogP contribution in [0.2, 0.25) is 0 Å². The Labute approximate surface area is 138 Å². The summed E-state index contributed by atoms with van der Waals surface area (Å²) in [6.07, 6.45) is 3.49. The Balaban J connectivity index is 2.41. The maximum atomic E-state index is 12.8. The Kier molecular flexibility index (Phi) is 5.51. The van der Waals surface area contributed by atoms with Crippen molar-refractivity contribution < 1.29 is 17.9 Å². The molecule has 0 saturated carbocycles. The summed E-state index contributed by atoms with van der Waals surface area (Å²) in [5.74, 6) is 0.429. The molecule has 2 rings (SSSR count). The van der Waals surface area contributed by atoms with Gasteiger partial charge in [0.25, 0.3) is 0 Å². The highest BCUT2D eigenvalue weighted by Crippen LogP contribution is 2.27. The average molecular weight is 340 g/mol. The molecule has 1 heterocycles. The number of nitrogens with zero attached hydrogens (tertiary/aromatic N) is 2. The van der Waals surface area contributed by atoms with E-state index in [9.17, 15) is 13.2 Å². The number of carbonyl (C=O) groups is 1. The van der Waals surface area contributed by atoms with Gasteiger partial charge in [-0.15, -0.1) is 0 Å². The van der Waals surface area contributed by atoms with Crippen LogP contribution in [0.25, 0.3) is 0 Å². The SMILES string of the molecule is CC[C@H](C(=O)N1CCCC1)N(c1cccc(OC)c1)S(C)(=O)=O. The van der Waals surface area contributed by atoms with E-state index in [0.717, 1.165) is 19.1 Å². The maximum absolute atomic E-state index is 12.8. The van der Waals surface area contributed by atoms with Crippen LogP contribution >= 0.6 is 0 Å². The molecule has 1 aromatic rings. The second-order valence-corrected chi connectivity index (χ2v) is 7.58. The minimum atomic E-state index is -3.60. The zero-order valence-corrected chi connectivity index (χ0v) is 14.7. The number of rotatable bonds is 6. The van der Waals surface area contributed by atoms with Crippen LogP contribution in [0, 0.1) is 0 Å². The first-order chi connectivity index (χ1) is 10.9. The first kappa shape index (κ1) is 17.6. The van der Waals surface area contributed by atoms with Crippen molar-refractivity contribution in [3.63, 3.8) is 0 Å². The summed E-state index contributed by atoms with van der Waals surface area (Å²) < 4.78 is 31.1. The van der Waals surface area contributed by atoms with E-state index >= 15 is 0 Å². The van der Waals surface area contributed by atoms with Crippen molar-refractivity contribution in [2.45, 2.75) is 32.2 Å². The lowest BCUT2D eigenvalue weighted by Crippen LogP contribution is -2.50. The average Bonchev–Trinajstić information content (AvgIpc) is 3.05. The van der Waals surface area contributed by atoms with Crippen LogP contribution in [-0.2, 0) is 14.8 Å². The summed E-state index contributed by atoms with van der Waals surface area (Å²) in [5.41, 5.74) is 0.450. The maximum Gasteiger partial charge on any atom is 0.246 e. The van der Waals surface area contributed by atoms with Crippen molar-refractivity contribution >= 4 is 21.6 Å².